The predicted octanol–water partition coefficient (Wildman–Crippen LogP) is 2.98. The Bertz CT molecular complexity index is 1100. The monoisotopic (exact) mass is 505 g/mol. The molecule has 1 amide bonds. The number of nitrogens with one attached hydrogen (secondary N) is 1. The van der Waals surface area contributed by atoms with Gasteiger partial charge in [-0.3, -0.25) is 4.79 Å². The molecule has 0 spiro atoms. The van der Waals surface area contributed by atoms with E-state index in [0.29, 0.717) is 0 Å². The van der Waals surface area contributed by atoms with E-state index < -0.39 is 56.9 Å². The highest BCUT2D eigenvalue weighted by molar-refractivity contribution is 7.91. The fourth-order valence-corrected chi connectivity index (χ4v) is 4.95. The molecule has 0 aliphatic carbocycles. The third kappa shape index (κ3) is 10.6. The number of hydrogen-bond acceptors (Lipinski definition) is 7. The SMILES string of the molecule is CC(C)(C)OC(=O)N[C@@H](CS(=O)(=O)C[C@@H](Cc1ccccc1)C(=O)OCc1ccccc1)C(=O)O. The summed E-state index contributed by atoms with van der Waals surface area (Å²) in [6.45, 7) is 4.75. The first-order chi connectivity index (χ1) is 16.3. The second-order valence-electron chi connectivity index (χ2n) is 9.09. The second-order valence-corrected chi connectivity index (χ2v) is 11.2. The maximum atomic E-state index is 12.9. The van der Waals surface area contributed by atoms with Crippen molar-refractivity contribution in [3.05, 3.63) is 71.8 Å². The fraction of sp³-hybridized carbons (Fsp3) is 0.400. The molecule has 0 bridgehead atoms. The van der Waals surface area contributed by atoms with Gasteiger partial charge in [0, 0.05) is 0 Å². The summed E-state index contributed by atoms with van der Waals surface area (Å²) in [6.07, 6.45) is -0.964. The zero-order chi connectivity index (χ0) is 26.1. The Morgan fingerprint density at radius 1 is 0.914 bits per heavy atom. The molecule has 0 aliphatic rings. The van der Waals surface area contributed by atoms with Crippen LogP contribution in [-0.2, 0) is 41.9 Å². The minimum atomic E-state index is -4.11. The van der Waals surface area contributed by atoms with Gasteiger partial charge in [0.25, 0.3) is 0 Å². The number of esters is 1. The molecule has 0 aliphatic heterocycles. The van der Waals surface area contributed by atoms with Gasteiger partial charge in [0.2, 0.25) is 0 Å². The summed E-state index contributed by atoms with van der Waals surface area (Å²) in [6, 6.07) is 16.0. The molecule has 2 aromatic rings. The first-order valence-corrected chi connectivity index (χ1v) is 12.8. The summed E-state index contributed by atoms with van der Waals surface area (Å²) in [7, 11) is -4.11. The number of alkyl carbamates (subject to hydrolysis) is 1. The van der Waals surface area contributed by atoms with Crippen LogP contribution in [0.4, 0.5) is 4.79 Å². The van der Waals surface area contributed by atoms with Crippen molar-refractivity contribution >= 4 is 27.9 Å². The van der Waals surface area contributed by atoms with Gasteiger partial charge in [-0.25, -0.2) is 18.0 Å². The molecule has 10 heteroatoms. The van der Waals surface area contributed by atoms with E-state index in [1.165, 1.54) is 0 Å². The normalized spacial score (nSPS) is 13.3. The third-order valence-electron chi connectivity index (χ3n) is 4.75. The van der Waals surface area contributed by atoms with Gasteiger partial charge in [-0.05, 0) is 38.3 Å². The Labute approximate surface area is 205 Å². The molecule has 2 atom stereocenters. The van der Waals surface area contributed by atoms with Gasteiger partial charge >= 0.3 is 18.0 Å². The average molecular weight is 506 g/mol. The van der Waals surface area contributed by atoms with Crippen LogP contribution >= 0.6 is 0 Å². The van der Waals surface area contributed by atoms with E-state index in [2.05, 4.69) is 5.32 Å². The lowest BCUT2D eigenvalue weighted by atomic mass is 10.0. The molecule has 0 saturated heterocycles. The number of carbonyl (C=O) groups is 3. The lowest BCUT2D eigenvalue weighted by molar-refractivity contribution is -0.149. The molecule has 190 valence electrons. The topological polar surface area (TPSA) is 136 Å². The maximum absolute atomic E-state index is 12.9. The summed E-state index contributed by atoms with van der Waals surface area (Å²) in [5, 5.41) is 11.5. The number of hydrogen-bond donors (Lipinski definition) is 2. The number of amides is 1. The van der Waals surface area contributed by atoms with E-state index in [4.69, 9.17) is 9.47 Å². The molecule has 2 aromatic carbocycles. The highest BCUT2D eigenvalue weighted by Crippen LogP contribution is 2.16. The van der Waals surface area contributed by atoms with Gasteiger partial charge in [0.1, 0.15) is 18.2 Å². The Morgan fingerprint density at radius 3 is 1.97 bits per heavy atom. The van der Waals surface area contributed by atoms with Gasteiger partial charge in [-0.2, -0.15) is 0 Å². The fourth-order valence-electron chi connectivity index (χ4n) is 3.21. The summed E-state index contributed by atoms with van der Waals surface area (Å²) in [5.41, 5.74) is 0.579. The molecule has 35 heavy (non-hydrogen) atoms. The van der Waals surface area contributed by atoms with E-state index in [1.54, 1.807) is 75.4 Å². The van der Waals surface area contributed by atoms with E-state index >= 15 is 0 Å². The standard InChI is InChI=1S/C25H31NO8S/c1-25(2,3)34-24(30)26-21(22(27)28)17-35(31,32)16-20(14-18-10-6-4-7-11-18)23(29)33-15-19-12-8-5-9-13-19/h4-13,20-21H,14-17H2,1-3H3,(H,26,30)(H,27,28)/t20-,21+/m1/s1. The second kappa shape index (κ2) is 12.3. The number of benzene rings is 2. The minimum Gasteiger partial charge on any atom is -0.480 e. The minimum absolute atomic E-state index is 0.0248. The van der Waals surface area contributed by atoms with Gasteiger partial charge in [-0.15, -0.1) is 0 Å². The average Bonchev–Trinajstić information content (AvgIpc) is 2.76. The van der Waals surface area contributed by atoms with Crippen molar-refractivity contribution in [3.8, 4) is 0 Å². The van der Waals surface area contributed by atoms with Crippen LogP contribution in [0.5, 0.6) is 0 Å². The first kappa shape index (κ1) is 27.8. The van der Waals surface area contributed by atoms with Crippen LogP contribution in [0, 0.1) is 5.92 Å². The first-order valence-electron chi connectivity index (χ1n) is 11.0. The number of sulfone groups is 1. The number of carbonyl (C=O) groups excluding carboxylic acids is 2. The van der Waals surface area contributed by atoms with E-state index in [-0.39, 0.29) is 13.0 Å². The molecule has 2 N–H and O–H groups in total. The van der Waals surface area contributed by atoms with Crippen molar-refractivity contribution in [2.24, 2.45) is 5.92 Å². The number of aliphatic carboxylic acids is 1. The molecule has 0 fully saturated rings. The number of carboxylic acid groups (broad SMARTS) is 1. The van der Waals surface area contributed by atoms with Crippen LogP contribution in [0.3, 0.4) is 0 Å². The largest absolute Gasteiger partial charge is 0.480 e. The van der Waals surface area contributed by atoms with Crippen LogP contribution in [0.25, 0.3) is 0 Å². The molecule has 0 aromatic heterocycles. The summed E-state index contributed by atoms with van der Waals surface area (Å²) in [4.78, 5) is 36.5. The summed E-state index contributed by atoms with van der Waals surface area (Å²) in [5.74, 6) is -4.87. The molecule has 9 nitrogen and oxygen atoms in total. The Hall–Kier alpha value is -3.40. The quantitative estimate of drug-likeness (QED) is 0.445. The van der Waals surface area contributed by atoms with Crippen molar-refractivity contribution in [1.82, 2.24) is 5.32 Å². The van der Waals surface area contributed by atoms with E-state index in [9.17, 15) is 27.9 Å². The molecular weight excluding hydrogens is 474 g/mol. The number of carboxylic acids is 1. The lowest BCUT2D eigenvalue weighted by Gasteiger charge is -2.22. The molecule has 2 rings (SSSR count). The highest BCUT2D eigenvalue weighted by Gasteiger charge is 2.33. The van der Waals surface area contributed by atoms with Crippen molar-refractivity contribution in [1.29, 1.82) is 0 Å². The Morgan fingerprint density at radius 2 is 1.46 bits per heavy atom. The van der Waals surface area contributed by atoms with Crippen molar-refractivity contribution in [3.63, 3.8) is 0 Å². The molecule has 0 unspecified atom stereocenters. The van der Waals surface area contributed by atoms with Gasteiger partial charge < -0.3 is 19.9 Å². The van der Waals surface area contributed by atoms with Crippen LogP contribution in [-0.4, -0.2) is 54.7 Å². The van der Waals surface area contributed by atoms with Gasteiger partial charge in [-0.1, -0.05) is 60.7 Å². The van der Waals surface area contributed by atoms with Crippen LogP contribution < -0.4 is 5.32 Å². The zero-order valence-corrected chi connectivity index (χ0v) is 20.8. The van der Waals surface area contributed by atoms with Gasteiger partial charge in [0.15, 0.2) is 9.84 Å². The smallest absolute Gasteiger partial charge is 0.408 e. The van der Waals surface area contributed by atoms with Gasteiger partial charge in [0.05, 0.1) is 17.4 Å². The zero-order valence-electron chi connectivity index (χ0n) is 20.0. The molecule has 0 radical (unpaired) electrons. The number of rotatable bonds is 11. The summed E-state index contributed by atoms with van der Waals surface area (Å²) >= 11 is 0. The van der Waals surface area contributed by atoms with Crippen molar-refractivity contribution < 1.29 is 37.4 Å². The highest BCUT2D eigenvalue weighted by atomic mass is 32.2. The predicted molar refractivity (Wildman–Crippen MR) is 129 cm³/mol. The number of ether oxygens (including phenoxy) is 2. The Balaban J connectivity index is 2.14. The maximum Gasteiger partial charge on any atom is 0.408 e. The van der Waals surface area contributed by atoms with E-state index in [1.807, 2.05) is 6.07 Å². The molecule has 0 heterocycles. The van der Waals surface area contributed by atoms with Crippen LogP contribution in [0.15, 0.2) is 60.7 Å². The molecular formula is C25H31NO8S. The molecule has 0 saturated carbocycles. The van der Waals surface area contributed by atoms with Crippen LogP contribution in [0.1, 0.15) is 31.9 Å². The van der Waals surface area contributed by atoms with Crippen molar-refractivity contribution in [2.45, 2.75) is 45.4 Å². The summed E-state index contributed by atoms with van der Waals surface area (Å²) < 4.78 is 36.3. The third-order valence-corrected chi connectivity index (χ3v) is 6.50. The Kier molecular flexibility index (Phi) is 9.82. The van der Waals surface area contributed by atoms with Crippen LogP contribution in [0.2, 0.25) is 0 Å². The van der Waals surface area contributed by atoms with E-state index in [0.717, 1.165) is 11.1 Å². The van der Waals surface area contributed by atoms with Crippen molar-refractivity contribution in [2.75, 3.05) is 11.5 Å². The lowest BCUT2D eigenvalue weighted by Crippen LogP contribution is -2.48.